The van der Waals surface area contributed by atoms with Gasteiger partial charge in [0.05, 0.1) is 10.7 Å². The second-order valence-corrected chi connectivity index (χ2v) is 5.20. The van der Waals surface area contributed by atoms with Crippen LogP contribution in [0.3, 0.4) is 0 Å². The molecule has 2 rings (SSSR count). The predicted octanol–water partition coefficient (Wildman–Crippen LogP) is 4.40. The van der Waals surface area contributed by atoms with E-state index in [1.165, 1.54) is 0 Å². The zero-order valence-corrected chi connectivity index (χ0v) is 12.1. The molecule has 0 aliphatic carbocycles. The molecule has 0 aliphatic rings. The van der Waals surface area contributed by atoms with E-state index in [4.69, 9.17) is 23.2 Å². The average Bonchev–Trinajstić information content (AvgIpc) is 2.33. The van der Waals surface area contributed by atoms with Crippen molar-refractivity contribution in [3.63, 3.8) is 0 Å². The highest BCUT2D eigenvalue weighted by atomic mass is 79.9. The van der Waals surface area contributed by atoms with Crippen molar-refractivity contribution in [3.8, 4) is 0 Å². The first-order valence-electron chi connectivity index (χ1n) is 4.94. The van der Waals surface area contributed by atoms with Gasteiger partial charge in [-0.05, 0) is 46.3 Å². The van der Waals surface area contributed by atoms with Gasteiger partial charge in [-0.25, -0.2) is 4.98 Å². The van der Waals surface area contributed by atoms with Crippen LogP contribution in [0.25, 0.3) is 0 Å². The number of amides is 1. The molecule has 18 heavy (non-hydrogen) atoms. The quantitative estimate of drug-likeness (QED) is 0.876. The number of rotatable bonds is 2. The number of nitrogens with zero attached hydrogens (tertiary/aromatic N) is 1. The predicted molar refractivity (Wildman–Crippen MR) is 76.4 cm³/mol. The van der Waals surface area contributed by atoms with Gasteiger partial charge in [0.2, 0.25) is 0 Å². The summed E-state index contributed by atoms with van der Waals surface area (Å²) in [5.41, 5.74) is 0.806. The van der Waals surface area contributed by atoms with Crippen molar-refractivity contribution in [2.45, 2.75) is 0 Å². The lowest BCUT2D eigenvalue weighted by Crippen LogP contribution is -2.13. The lowest BCUT2D eigenvalue weighted by atomic mass is 10.3. The van der Waals surface area contributed by atoms with Crippen molar-refractivity contribution in [1.82, 2.24) is 4.98 Å². The summed E-state index contributed by atoms with van der Waals surface area (Å²) in [5, 5.41) is 3.56. The van der Waals surface area contributed by atoms with Crippen LogP contribution in [0.4, 0.5) is 5.69 Å². The zero-order chi connectivity index (χ0) is 13.1. The molecule has 0 saturated carbocycles. The number of aromatic nitrogens is 1. The number of hydrogen-bond acceptors (Lipinski definition) is 2. The maximum absolute atomic E-state index is 11.9. The Morgan fingerprint density at radius 3 is 2.61 bits per heavy atom. The number of halogens is 3. The normalized spacial score (nSPS) is 10.2. The Bertz CT molecular complexity index is 587. The number of pyridine rings is 1. The van der Waals surface area contributed by atoms with Crippen LogP contribution in [0.2, 0.25) is 10.0 Å². The molecule has 1 N–H and O–H groups in total. The fraction of sp³-hybridized carbons (Fsp3) is 0. The number of hydrogen-bond donors (Lipinski definition) is 1. The second kappa shape index (κ2) is 5.69. The maximum atomic E-state index is 11.9. The third-order valence-electron chi connectivity index (χ3n) is 2.14. The fourth-order valence-electron chi connectivity index (χ4n) is 1.29. The number of nitrogens with one attached hydrogen (secondary N) is 1. The molecule has 0 saturated heterocycles. The minimum absolute atomic E-state index is 0.309. The molecule has 0 atom stereocenters. The number of anilines is 1. The van der Waals surface area contributed by atoms with Crippen LogP contribution in [0.15, 0.2) is 41.0 Å². The molecule has 6 heteroatoms. The summed E-state index contributed by atoms with van der Waals surface area (Å²) in [6, 6.07) is 8.21. The molecule has 0 fully saturated rings. The van der Waals surface area contributed by atoms with Gasteiger partial charge in [0.25, 0.3) is 5.91 Å². The Labute approximate surface area is 122 Å². The molecule has 0 bridgehead atoms. The summed E-state index contributed by atoms with van der Waals surface area (Å²) in [6.07, 6.45) is 1.55. The largest absolute Gasteiger partial charge is 0.319 e. The number of benzene rings is 1. The Morgan fingerprint density at radius 1 is 1.22 bits per heavy atom. The molecular formula is C12H7BrCl2N2O. The lowest BCUT2D eigenvalue weighted by molar-refractivity contribution is 0.102. The smallest absolute Gasteiger partial charge is 0.274 e. The van der Waals surface area contributed by atoms with Gasteiger partial charge in [0.15, 0.2) is 0 Å². The monoisotopic (exact) mass is 344 g/mol. The Kier molecular flexibility index (Phi) is 4.22. The molecule has 2 aromatic rings. The molecule has 0 unspecified atom stereocenters. The van der Waals surface area contributed by atoms with Gasteiger partial charge in [-0.15, -0.1) is 0 Å². The minimum atomic E-state index is -0.327. The van der Waals surface area contributed by atoms with Gasteiger partial charge >= 0.3 is 0 Å². The molecule has 1 amide bonds. The van der Waals surface area contributed by atoms with Crippen LogP contribution < -0.4 is 5.32 Å². The summed E-state index contributed by atoms with van der Waals surface area (Å²) in [6.45, 7) is 0. The molecule has 1 aromatic carbocycles. The summed E-state index contributed by atoms with van der Waals surface area (Å²) in [5.74, 6) is -0.327. The lowest BCUT2D eigenvalue weighted by Gasteiger charge is -2.06. The molecule has 1 aromatic heterocycles. The summed E-state index contributed by atoms with van der Waals surface area (Å²) in [7, 11) is 0. The summed E-state index contributed by atoms with van der Waals surface area (Å²) < 4.78 is 0.809. The van der Waals surface area contributed by atoms with E-state index in [0.29, 0.717) is 21.4 Å². The fourth-order valence-corrected chi connectivity index (χ4v) is 1.98. The van der Waals surface area contributed by atoms with E-state index >= 15 is 0 Å². The Morgan fingerprint density at radius 2 is 2.00 bits per heavy atom. The van der Waals surface area contributed by atoms with Crippen molar-refractivity contribution in [2.75, 3.05) is 5.32 Å². The van der Waals surface area contributed by atoms with Crippen molar-refractivity contribution in [1.29, 1.82) is 0 Å². The van der Waals surface area contributed by atoms with Gasteiger partial charge in [-0.3, -0.25) is 4.79 Å². The van der Waals surface area contributed by atoms with Crippen LogP contribution in [-0.4, -0.2) is 10.9 Å². The highest BCUT2D eigenvalue weighted by Crippen LogP contribution is 2.25. The summed E-state index contributed by atoms with van der Waals surface area (Å²) >= 11 is 15.0. The molecule has 3 nitrogen and oxygen atoms in total. The van der Waals surface area contributed by atoms with E-state index in [1.807, 2.05) is 0 Å². The van der Waals surface area contributed by atoms with Gasteiger partial charge < -0.3 is 5.32 Å². The zero-order valence-electron chi connectivity index (χ0n) is 8.95. The molecular weight excluding hydrogens is 339 g/mol. The number of carbonyl (C=O) groups is 1. The number of carbonyl (C=O) groups excluding carboxylic acids is 1. The topological polar surface area (TPSA) is 42.0 Å². The molecule has 0 spiro atoms. The third-order valence-corrected chi connectivity index (χ3v) is 3.16. The van der Waals surface area contributed by atoms with Crippen LogP contribution in [0.5, 0.6) is 0 Å². The van der Waals surface area contributed by atoms with E-state index in [9.17, 15) is 4.79 Å². The highest BCUT2D eigenvalue weighted by Gasteiger charge is 2.09. The first-order valence-corrected chi connectivity index (χ1v) is 6.49. The van der Waals surface area contributed by atoms with E-state index in [2.05, 4.69) is 26.2 Å². The average molecular weight is 346 g/mol. The van der Waals surface area contributed by atoms with E-state index in [1.54, 1.807) is 36.5 Å². The first kappa shape index (κ1) is 13.3. The van der Waals surface area contributed by atoms with Gasteiger partial charge in [-0.2, -0.15) is 0 Å². The van der Waals surface area contributed by atoms with Crippen molar-refractivity contribution in [2.24, 2.45) is 0 Å². The van der Waals surface area contributed by atoms with E-state index in [0.717, 1.165) is 4.47 Å². The molecule has 0 aliphatic heterocycles. The highest BCUT2D eigenvalue weighted by molar-refractivity contribution is 9.10. The molecule has 92 valence electrons. The van der Waals surface area contributed by atoms with E-state index < -0.39 is 0 Å². The Balaban J connectivity index is 2.18. The van der Waals surface area contributed by atoms with Crippen molar-refractivity contribution < 1.29 is 4.79 Å². The van der Waals surface area contributed by atoms with E-state index in [-0.39, 0.29) is 5.91 Å². The third kappa shape index (κ3) is 3.22. The van der Waals surface area contributed by atoms with Gasteiger partial charge in [0.1, 0.15) is 5.69 Å². The molecule has 0 radical (unpaired) electrons. The SMILES string of the molecule is O=C(Nc1ccc(Cl)cc1Cl)c1ccc(Br)cn1. The second-order valence-electron chi connectivity index (χ2n) is 3.44. The summed E-state index contributed by atoms with van der Waals surface area (Å²) in [4.78, 5) is 15.9. The maximum Gasteiger partial charge on any atom is 0.274 e. The standard InChI is InChI=1S/C12H7BrCl2N2O/c13-7-1-3-11(16-6-7)12(18)17-10-4-2-8(14)5-9(10)15/h1-6H,(H,17,18). The minimum Gasteiger partial charge on any atom is -0.319 e. The molecule has 1 heterocycles. The van der Waals surface area contributed by atoms with Crippen LogP contribution in [0.1, 0.15) is 10.5 Å². The van der Waals surface area contributed by atoms with Crippen LogP contribution in [-0.2, 0) is 0 Å². The first-order chi connectivity index (χ1) is 8.56. The van der Waals surface area contributed by atoms with Crippen molar-refractivity contribution in [3.05, 3.63) is 56.7 Å². The van der Waals surface area contributed by atoms with Crippen LogP contribution in [0, 0.1) is 0 Å². The van der Waals surface area contributed by atoms with Crippen LogP contribution >= 0.6 is 39.1 Å². The van der Waals surface area contributed by atoms with Gasteiger partial charge in [-0.1, -0.05) is 23.2 Å². The Hall–Kier alpha value is -1.10. The van der Waals surface area contributed by atoms with Crippen molar-refractivity contribution >= 4 is 50.7 Å². The van der Waals surface area contributed by atoms with Gasteiger partial charge in [0, 0.05) is 15.7 Å².